The number of likely N-dealkylation sites (tertiary alicyclic amines) is 1. The first-order valence-corrected chi connectivity index (χ1v) is 12.7. The highest BCUT2D eigenvalue weighted by Gasteiger charge is 2.30. The lowest BCUT2D eigenvalue weighted by Gasteiger charge is -2.28. The molecular weight excluding hydrogens is 495 g/mol. The molecule has 0 spiro atoms. The number of carbonyl (C=O) groups excluding carboxylic acids is 1. The maximum absolute atomic E-state index is 12.8. The van der Waals surface area contributed by atoms with Gasteiger partial charge in [0.25, 0.3) is 5.91 Å². The Balaban J connectivity index is 1.28. The third kappa shape index (κ3) is 7.92. The van der Waals surface area contributed by atoms with Gasteiger partial charge in [0.1, 0.15) is 5.82 Å². The number of piperidine rings is 1. The third-order valence-electron chi connectivity index (χ3n) is 6.63. The number of alkyl halides is 3. The number of hydrogen-bond donors (Lipinski definition) is 2. The molecule has 2 N–H and O–H groups in total. The van der Waals surface area contributed by atoms with Gasteiger partial charge in [0.05, 0.1) is 17.7 Å². The Labute approximate surface area is 220 Å². The second kappa shape index (κ2) is 12.7. The minimum atomic E-state index is -4.44. The largest absolute Gasteiger partial charge is 0.478 e. The Kier molecular flexibility index (Phi) is 9.17. The Morgan fingerprint density at radius 2 is 1.84 bits per heavy atom. The van der Waals surface area contributed by atoms with Crippen LogP contribution in [-0.4, -0.2) is 47.5 Å². The number of nitrogens with zero attached hydrogens (tertiary/aromatic N) is 3. The second-order valence-corrected chi connectivity index (χ2v) is 9.52. The van der Waals surface area contributed by atoms with Crippen LogP contribution in [0.4, 0.5) is 24.7 Å². The molecule has 1 amide bonds. The van der Waals surface area contributed by atoms with Gasteiger partial charge in [-0.15, -0.1) is 0 Å². The molecule has 7 nitrogen and oxygen atoms in total. The van der Waals surface area contributed by atoms with Crippen molar-refractivity contribution in [2.45, 2.75) is 38.4 Å². The first kappa shape index (κ1) is 27.4. The van der Waals surface area contributed by atoms with E-state index in [0.29, 0.717) is 24.8 Å². The minimum absolute atomic E-state index is 0.254. The van der Waals surface area contributed by atoms with Crippen LogP contribution in [0.2, 0.25) is 0 Å². The number of aromatic nitrogens is 2. The first-order chi connectivity index (χ1) is 18.3. The fraction of sp³-hybridized carbons (Fsp3) is 0.393. The van der Waals surface area contributed by atoms with Crippen LogP contribution < -0.4 is 15.4 Å². The molecule has 3 heterocycles. The van der Waals surface area contributed by atoms with Crippen molar-refractivity contribution < 1.29 is 22.7 Å². The highest BCUT2D eigenvalue weighted by atomic mass is 19.4. The van der Waals surface area contributed by atoms with Gasteiger partial charge in [0, 0.05) is 30.7 Å². The number of rotatable bonds is 10. The summed E-state index contributed by atoms with van der Waals surface area (Å²) in [5.41, 5.74) is 0.652. The molecule has 1 saturated heterocycles. The van der Waals surface area contributed by atoms with E-state index >= 15 is 0 Å². The van der Waals surface area contributed by atoms with E-state index in [4.69, 9.17) is 4.74 Å². The number of pyridine rings is 2. The summed E-state index contributed by atoms with van der Waals surface area (Å²) < 4.78 is 44.2. The molecule has 0 unspecified atom stereocenters. The number of anilines is 2. The van der Waals surface area contributed by atoms with E-state index < -0.39 is 17.6 Å². The molecule has 1 aliphatic heterocycles. The van der Waals surface area contributed by atoms with Crippen molar-refractivity contribution >= 4 is 17.4 Å². The molecule has 0 atom stereocenters. The highest BCUT2D eigenvalue weighted by Crippen LogP contribution is 2.30. The summed E-state index contributed by atoms with van der Waals surface area (Å²) in [7, 11) is 2.17. The number of amides is 1. The first-order valence-electron chi connectivity index (χ1n) is 12.7. The lowest BCUT2D eigenvalue weighted by atomic mass is 9.93. The summed E-state index contributed by atoms with van der Waals surface area (Å²) in [4.78, 5) is 23.7. The van der Waals surface area contributed by atoms with Crippen molar-refractivity contribution in [3.05, 3.63) is 77.6 Å². The fourth-order valence-electron chi connectivity index (χ4n) is 4.39. The molecule has 10 heteroatoms. The van der Waals surface area contributed by atoms with Crippen LogP contribution in [0.5, 0.6) is 5.88 Å². The van der Waals surface area contributed by atoms with Gasteiger partial charge in [-0.25, -0.2) is 9.97 Å². The van der Waals surface area contributed by atoms with Gasteiger partial charge in [0.2, 0.25) is 5.88 Å². The molecule has 1 aliphatic rings. The summed E-state index contributed by atoms with van der Waals surface area (Å²) in [5.74, 6) is 1.19. The van der Waals surface area contributed by atoms with Crippen LogP contribution in [-0.2, 0) is 12.7 Å². The molecule has 38 heavy (non-hydrogen) atoms. The lowest BCUT2D eigenvalue weighted by Crippen LogP contribution is -2.30. The smallest absolute Gasteiger partial charge is 0.416 e. The number of hydrogen-bond acceptors (Lipinski definition) is 6. The summed E-state index contributed by atoms with van der Waals surface area (Å²) in [5, 5.41) is 5.78. The van der Waals surface area contributed by atoms with Crippen LogP contribution >= 0.6 is 0 Å². The average Bonchev–Trinajstić information content (AvgIpc) is 2.91. The maximum Gasteiger partial charge on any atom is 0.416 e. The van der Waals surface area contributed by atoms with Crippen molar-refractivity contribution in [1.82, 2.24) is 14.9 Å². The van der Waals surface area contributed by atoms with Crippen molar-refractivity contribution in [3.63, 3.8) is 0 Å². The van der Waals surface area contributed by atoms with Crippen LogP contribution in [0.15, 0.2) is 60.9 Å². The zero-order valence-electron chi connectivity index (χ0n) is 21.3. The predicted molar refractivity (Wildman–Crippen MR) is 140 cm³/mol. The van der Waals surface area contributed by atoms with Gasteiger partial charge in [-0.3, -0.25) is 4.79 Å². The Morgan fingerprint density at radius 1 is 1.08 bits per heavy atom. The zero-order chi connectivity index (χ0) is 27.0. The zero-order valence-corrected chi connectivity index (χ0v) is 21.3. The normalized spacial score (nSPS) is 14.7. The predicted octanol–water partition coefficient (Wildman–Crippen LogP) is 5.86. The molecule has 3 aromatic rings. The minimum Gasteiger partial charge on any atom is -0.478 e. The molecule has 0 radical (unpaired) electrons. The van der Waals surface area contributed by atoms with Crippen LogP contribution in [0, 0.1) is 5.92 Å². The van der Waals surface area contributed by atoms with Crippen LogP contribution in [0.25, 0.3) is 0 Å². The molecule has 2 aromatic heterocycles. The summed E-state index contributed by atoms with van der Waals surface area (Å²) in [6.07, 6.45) is 3.44. The van der Waals surface area contributed by atoms with E-state index in [2.05, 4.69) is 32.5 Å². The van der Waals surface area contributed by atoms with E-state index in [9.17, 15) is 18.0 Å². The molecule has 4 rings (SSSR count). The second-order valence-electron chi connectivity index (χ2n) is 9.52. The monoisotopic (exact) mass is 527 g/mol. The van der Waals surface area contributed by atoms with Crippen molar-refractivity contribution in [2.75, 3.05) is 37.4 Å². The standard InChI is InChI=1S/C28H32F3N5O2/c1-36-15-11-20(12-16-36)4-3-17-38-25-18-21(10-14-32-25)19-34-26-24(5-2-13-33-26)27(37)35-23-8-6-22(7-9-23)28(29,30)31/h2,5-10,13-14,18,20H,3-4,11-12,15-17,19H2,1H3,(H,33,34)(H,35,37). The molecule has 202 valence electrons. The van der Waals surface area contributed by atoms with Crippen molar-refractivity contribution in [2.24, 2.45) is 5.92 Å². The number of nitrogens with one attached hydrogen (secondary N) is 2. The van der Waals surface area contributed by atoms with E-state index in [1.165, 1.54) is 25.0 Å². The SMILES string of the molecule is CN1CCC(CCCOc2cc(CNc3ncccc3C(=O)Nc3ccc(C(F)(F)F)cc3)ccn2)CC1. The van der Waals surface area contributed by atoms with E-state index in [0.717, 1.165) is 49.5 Å². The molecule has 0 saturated carbocycles. The van der Waals surface area contributed by atoms with Gasteiger partial charge >= 0.3 is 6.18 Å². The molecule has 0 bridgehead atoms. The van der Waals surface area contributed by atoms with Gasteiger partial charge in [-0.1, -0.05) is 0 Å². The summed E-state index contributed by atoms with van der Waals surface area (Å²) >= 11 is 0. The van der Waals surface area contributed by atoms with Gasteiger partial charge < -0.3 is 20.3 Å². The molecule has 1 aromatic carbocycles. The Morgan fingerprint density at radius 3 is 2.58 bits per heavy atom. The van der Waals surface area contributed by atoms with E-state index in [-0.39, 0.29) is 11.3 Å². The fourth-order valence-corrected chi connectivity index (χ4v) is 4.39. The molecule has 0 aliphatic carbocycles. The van der Waals surface area contributed by atoms with Crippen molar-refractivity contribution in [3.8, 4) is 5.88 Å². The summed E-state index contributed by atoms with van der Waals surface area (Å²) in [6, 6.07) is 11.2. The van der Waals surface area contributed by atoms with Crippen molar-refractivity contribution in [1.29, 1.82) is 0 Å². The lowest BCUT2D eigenvalue weighted by molar-refractivity contribution is -0.137. The van der Waals surface area contributed by atoms with Crippen LogP contribution in [0.1, 0.15) is 47.2 Å². The van der Waals surface area contributed by atoms with Crippen LogP contribution in [0.3, 0.4) is 0 Å². The maximum atomic E-state index is 12.8. The third-order valence-corrected chi connectivity index (χ3v) is 6.63. The Bertz CT molecular complexity index is 1200. The topological polar surface area (TPSA) is 79.4 Å². The van der Waals surface area contributed by atoms with E-state index in [1.54, 1.807) is 24.5 Å². The number of benzene rings is 1. The van der Waals surface area contributed by atoms with Gasteiger partial charge in [0.15, 0.2) is 0 Å². The number of ether oxygens (including phenoxy) is 1. The summed E-state index contributed by atoms with van der Waals surface area (Å²) in [6.45, 7) is 3.32. The quantitative estimate of drug-likeness (QED) is 0.322. The van der Waals surface area contributed by atoms with Gasteiger partial charge in [-0.05, 0) is 99.8 Å². The Hall–Kier alpha value is -3.66. The molecule has 1 fully saturated rings. The van der Waals surface area contributed by atoms with Gasteiger partial charge in [-0.2, -0.15) is 13.2 Å². The average molecular weight is 528 g/mol. The van der Waals surface area contributed by atoms with E-state index in [1.807, 2.05) is 12.1 Å². The highest BCUT2D eigenvalue weighted by molar-refractivity contribution is 6.07. The molecular formula is C28H32F3N5O2. The number of carbonyl (C=O) groups is 1. The number of halogens is 3.